The van der Waals surface area contributed by atoms with Crippen LogP contribution in [-0.4, -0.2) is 59.9 Å². The number of nitrogen functional groups attached to an aromatic ring is 1. The average molecular weight is 440 g/mol. The number of aromatic carboxylic acids is 1. The van der Waals surface area contributed by atoms with E-state index in [0.29, 0.717) is 29.8 Å². The highest BCUT2D eigenvalue weighted by atomic mass is 16.6. The molecule has 32 heavy (non-hydrogen) atoms. The summed E-state index contributed by atoms with van der Waals surface area (Å²) in [6.07, 6.45) is 1.39. The summed E-state index contributed by atoms with van der Waals surface area (Å²) in [5, 5.41) is 9.15. The highest BCUT2D eigenvalue weighted by molar-refractivity contribution is 5.88. The summed E-state index contributed by atoms with van der Waals surface area (Å²) in [7, 11) is 0. The van der Waals surface area contributed by atoms with Crippen molar-refractivity contribution in [1.29, 1.82) is 0 Å². The van der Waals surface area contributed by atoms with Gasteiger partial charge in [-0.3, -0.25) is 9.13 Å². The zero-order valence-electron chi connectivity index (χ0n) is 18.0. The number of carboxylic acid groups (broad SMARTS) is 1. The van der Waals surface area contributed by atoms with Gasteiger partial charge in [-0.05, 0) is 51.5 Å². The van der Waals surface area contributed by atoms with Crippen LogP contribution in [0.1, 0.15) is 43.6 Å². The Morgan fingerprint density at radius 1 is 1.19 bits per heavy atom. The highest BCUT2D eigenvalue weighted by Gasteiger charge is 2.34. The number of carboxylic acids is 1. The first-order valence-electron chi connectivity index (χ1n) is 10.1. The van der Waals surface area contributed by atoms with Crippen molar-refractivity contribution in [2.24, 2.45) is 0 Å². The SMILES string of the molecule is CC(C)(C)OC(=O)N1CCC(n2c(=O)n(-c3ccc(C(=O)O)cc3)c3c(N)ncnc32)C1. The number of anilines is 1. The quantitative estimate of drug-likeness (QED) is 0.629. The summed E-state index contributed by atoms with van der Waals surface area (Å²) in [6, 6.07) is 5.55. The van der Waals surface area contributed by atoms with Crippen LogP contribution in [0, 0.1) is 0 Å². The van der Waals surface area contributed by atoms with Gasteiger partial charge < -0.3 is 20.5 Å². The second kappa shape index (κ2) is 7.66. The van der Waals surface area contributed by atoms with Crippen molar-refractivity contribution in [3.05, 3.63) is 46.6 Å². The number of benzene rings is 1. The molecule has 0 saturated carbocycles. The molecule has 0 aliphatic carbocycles. The predicted molar refractivity (Wildman–Crippen MR) is 116 cm³/mol. The number of fused-ring (bicyclic) bond motifs is 1. The molecule has 11 nitrogen and oxygen atoms in total. The zero-order chi connectivity index (χ0) is 23.2. The van der Waals surface area contributed by atoms with Crippen molar-refractivity contribution in [1.82, 2.24) is 24.0 Å². The molecular weight excluding hydrogens is 416 g/mol. The van der Waals surface area contributed by atoms with Gasteiger partial charge in [0.15, 0.2) is 11.5 Å². The Morgan fingerprint density at radius 3 is 2.50 bits per heavy atom. The first-order chi connectivity index (χ1) is 15.1. The molecule has 3 aromatic rings. The Kier molecular flexibility index (Phi) is 5.11. The normalized spacial score (nSPS) is 16.5. The lowest BCUT2D eigenvalue weighted by Gasteiger charge is -2.24. The second-order valence-corrected chi connectivity index (χ2v) is 8.64. The molecule has 1 fully saturated rings. The Hall–Kier alpha value is -3.89. The number of hydrogen-bond acceptors (Lipinski definition) is 7. The molecule has 1 aliphatic heterocycles. The largest absolute Gasteiger partial charge is 0.478 e. The van der Waals surface area contributed by atoms with Crippen molar-refractivity contribution in [3.8, 4) is 5.69 Å². The lowest BCUT2D eigenvalue weighted by atomic mass is 10.2. The number of aromatic nitrogens is 4. The fourth-order valence-electron chi connectivity index (χ4n) is 3.83. The number of likely N-dealkylation sites (tertiary alicyclic amines) is 1. The maximum atomic E-state index is 13.5. The Labute approximate surface area is 183 Å². The van der Waals surface area contributed by atoms with Crippen LogP contribution >= 0.6 is 0 Å². The third kappa shape index (κ3) is 3.77. The molecule has 1 unspecified atom stereocenters. The van der Waals surface area contributed by atoms with Gasteiger partial charge in [0.2, 0.25) is 0 Å². The summed E-state index contributed by atoms with van der Waals surface area (Å²) >= 11 is 0. The van der Waals surface area contributed by atoms with E-state index < -0.39 is 23.4 Å². The van der Waals surface area contributed by atoms with E-state index in [1.807, 2.05) is 0 Å². The van der Waals surface area contributed by atoms with Gasteiger partial charge in [-0.15, -0.1) is 0 Å². The zero-order valence-corrected chi connectivity index (χ0v) is 18.0. The molecule has 1 atom stereocenters. The van der Waals surface area contributed by atoms with Crippen LogP contribution < -0.4 is 11.4 Å². The molecule has 0 bridgehead atoms. The van der Waals surface area contributed by atoms with E-state index in [0.717, 1.165) is 0 Å². The van der Waals surface area contributed by atoms with Gasteiger partial charge in [-0.2, -0.15) is 0 Å². The number of carbonyl (C=O) groups is 2. The van der Waals surface area contributed by atoms with E-state index in [4.69, 9.17) is 15.6 Å². The van der Waals surface area contributed by atoms with Gasteiger partial charge in [0.05, 0.1) is 17.3 Å². The average Bonchev–Trinajstić information content (AvgIpc) is 3.30. The summed E-state index contributed by atoms with van der Waals surface area (Å²) in [4.78, 5) is 47.0. The topological polar surface area (TPSA) is 146 Å². The van der Waals surface area contributed by atoms with Crippen LogP contribution in [0.25, 0.3) is 16.9 Å². The third-order valence-corrected chi connectivity index (χ3v) is 5.23. The Balaban J connectivity index is 1.77. The lowest BCUT2D eigenvalue weighted by Crippen LogP contribution is -2.36. The number of nitrogens with two attached hydrogens (primary N) is 1. The maximum absolute atomic E-state index is 13.5. The molecule has 1 aromatic carbocycles. The molecule has 1 aliphatic rings. The summed E-state index contributed by atoms with van der Waals surface area (Å²) in [5.74, 6) is -0.947. The second-order valence-electron chi connectivity index (χ2n) is 8.64. The summed E-state index contributed by atoms with van der Waals surface area (Å²) in [6.45, 7) is 6.12. The van der Waals surface area contributed by atoms with Crippen LogP contribution in [-0.2, 0) is 4.74 Å². The maximum Gasteiger partial charge on any atom is 0.410 e. The van der Waals surface area contributed by atoms with Crippen LogP contribution in [0.4, 0.5) is 10.6 Å². The first-order valence-corrected chi connectivity index (χ1v) is 10.1. The Bertz CT molecular complexity index is 1250. The number of imidazole rings is 1. The monoisotopic (exact) mass is 440 g/mol. The van der Waals surface area contributed by atoms with Crippen LogP contribution in [0.15, 0.2) is 35.4 Å². The van der Waals surface area contributed by atoms with Crippen LogP contribution in [0.2, 0.25) is 0 Å². The number of hydrogen-bond donors (Lipinski definition) is 2. The smallest absolute Gasteiger partial charge is 0.410 e. The fraction of sp³-hybridized carbons (Fsp3) is 0.381. The van der Waals surface area contributed by atoms with Crippen molar-refractivity contribution < 1.29 is 19.4 Å². The lowest BCUT2D eigenvalue weighted by molar-refractivity contribution is 0.0288. The van der Waals surface area contributed by atoms with E-state index in [-0.39, 0.29) is 24.0 Å². The van der Waals surface area contributed by atoms with Gasteiger partial charge in [0.1, 0.15) is 17.4 Å². The molecule has 1 amide bonds. The third-order valence-electron chi connectivity index (χ3n) is 5.23. The van der Waals surface area contributed by atoms with Gasteiger partial charge in [0, 0.05) is 13.1 Å². The number of carbonyl (C=O) groups excluding carboxylic acids is 1. The minimum atomic E-state index is -1.07. The van der Waals surface area contributed by atoms with Crippen molar-refractivity contribution in [3.63, 3.8) is 0 Å². The molecule has 1 saturated heterocycles. The molecule has 168 valence electrons. The van der Waals surface area contributed by atoms with Gasteiger partial charge in [-0.1, -0.05) is 0 Å². The Morgan fingerprint density at radius 2 is 1.88 bits per heavy atom. The van der Waals surface area contributed by atoms with E-state index in [2.05, 4.69) is 9.97 Å². The van der Waals surface area contributed by atoms with Gasteiger partial charge in [0.25, 0.3) is 0 Å². The minimum absolute atomic E-state index is 0.0959. The molecule has 3 heterocycles. The van der Waals surface area contributed by atoms with Gasteiger partial charge >= 0.3 is 17.8 Å². The van der Waals surface area contributed by atoms with Crippen molar-refractivity contribution in [2.75, 3.05) is 18.8 Å². The van der Waals surface area contributed by atoms with Gasteiger partial charge in [-0.25, -0.2) is 24.4 Å². The summed E-state index contributed by atoms with van der Waals surface area (Å²) in [5.41, 5.74) is 6.29. The molecule has 2 aromatic heterocycles. The number of amides is 1. The van der Waals surface area contributed by atoms with Crippen LogP contribution in [0.3, 0.4) is 0 Å². The minimum Gasteiger partial charge on any atom is -0.478 e. The molecular formula is C21H24N6O5. The highest BCUT2D eigenvalue weighted by Crippen LogP contribution is 2.28. The predicted octanol–water partition coefficient (Wildman–Crippen LogP) is 2.04. The number of rotatable bonds is 3. The molecule has 4 rings (SSSR count). The first kappa shape index (κ1) is 21.3. The molecule has 11 heteroatoms. The standard InChI is InChI=1S/C21H24N6O5/c1-21(2,3)32-20(31)25-9-8-14(10-25)27-17-15(16(22)23-11-24-17)26(19(27)30)13-6-4-12(5-7-13)18(28)29/h4-7,11,14H,8-10H2,1-3H3,(H,28,29)(H2,22,23,24). The van der Waals surface area contributed by atoms with Crippen molar-refractivity contribution in [2.45, 2.75) is 38.8 Å². The van der Waals surface area contributed by atoms with E-state index in [1.54, 1.807) is 25.7 Å². The molecule has 3 N–H and O–H groups in total. The summed E-state index contributed by atoms with van der Waals surface area (Å²) < 4.78 is 8.33. The fourth-order valence-corrected chi connectivity index (χ4v) is 3.83. The van der Waals surface area contributed by atoms with E-state index >= 15 is 0 Å². The number of ether oxygens (including phenoxy) is 1. The van der Waals surface area contributed by atoms with E-state index in [9.17, 15) is 14.4 Å². The number of nitrogens with zero attached hydrogens (tertiary/aromatic N) is 5. The molecule has 0 radical (unpaired) electrons. The van der Waals surface area contributed by atoms with Crippen LogP contribution in [0.5, 0.6) is 0 Å². The van der Waals surface area contributed by atoms with Crippen molar-refractivity contribution >= 4 is 29.0 Å². The van der Waals surface area contributed by atoms with E-state index in [1.165, 1.54) is 39.7 Å². The molecule has 0 spiro atoms.